The number of ether oxygens (including phenoxy) is 1. The molecule has 1 aliphatic carbocycles. The Morgan fingerprint density at radius 3 is 2.80 bits per heavy atom. The molecule has 0 unspecified atom stereocenters. The van der Waals surface area contributed by atoms with Gasteiger partial charge in [0.15, 0.2) is 0 Å². The van der Waals surface area contributed by atoms with Crippen molar-refractivity contribution in [1.82, 2.24) is 14.5 Å². The average molecular weight is 301 g/mol. The third kappa shape index (κ3) is 3.59. The first kappa shape index (κ1) is 15.5. The number of hydrogen-bond acceptors (Lipinski definition) is 4. The molecule has 0 aromatic carbocycles. The van der Waals surface area contributed by atoms with E-state index in [0.717, 1.165) is 12.8 Å². The first-order valence-electron chi connectivity index (χ1n) is 7.09. The largest absolute Gasteiger partial charge is 0.385 e. The van der Waals surface area contributed by atoms with Gasteiger partial charge in [0.25, 0.3) is 0 Å². The topological polar surface area (TPSA) is 73.2 Å². The van der Waals surface area contributed by atoms with Gasteiger partial charge < -0.3 is 4.74 Å². The van der Waals surface area contributed by atoms with Crippen LogP contribution in [-0.2, 0) is 14.8 Å². The Morgan fingerprint density at radius 1 is 1.45 bits per heavy atom. The molecule has 0 spiro atoms. The second kappa shape index (κ2) is 6.69. The van der Waals surface area contributed by atoms with Crippen LogP contribution in [0.3, 0.4) is 0 Å². The lowest BCUT2D eigenvalue weighted by Crippen LogP contribution is -2.25. The highest BCUT2D eigenvalue weighted by atomic mass is 32.2. The van der Waals surface area contributed by atoms with Crippen molar-refractivity contribution in [2.24, 2.45) is 0 Å². The number of aromatic nitrogens is 2. The van der Waals surface area contributed by atoms with Crippen LogP contribution in [0.2, 0.25) is 0 Å². The molecular weight excluding hydrogens is 278 g/mol. The molecule has 0 aliphatic heterocycles. The van der Waals surface area contributed by atoms with Crippen LogP contribution in [0.25, 0.3) is 0 Å². The van der Waals surface area contributed by atoms with Crippen LogP contribution in [0.1, 0.15) is 43.8 Å². The highest BCUT2D eigenvalue weighted by molar-refractivity contribution is 7.89. The van der Waals surface area contributed by atoms with E-state index in [4.69, 9.17) is 4.74 Å². The van der Waals surface area contributed by atoms with E-state index in [1.807, 2.05) is 4.68 Å². The average Bonchev–Trinajstić information content (AvgIpc) is 3.03. The molecule has 20 heavy (non-hydrogen) atoms. The number of methoxy groups -OCH3 is 1. The molecule has 1 saturated carbocycles. The fourth-order valence-electron chi connectivity index (χ4n) is 2.59. The van der Waals surface area contributed by atoms with Gasteiger partial charge in [-0.2, -0.15) is 5.10 Å². The van der Waals surface area contributed by atoms with Gasteiger partial charge in [-0.15, -0.1) is 0 Å². The van der Waals surface area contributed by atoms with E-state index in [-0.39, 0.29) is 0 Å². The third-order valence-electron chi connectivity index (χ3n) is 3.68. The molecule has 1 aromatic heterocycles. The summed E-state index contributed by atoms with van der Waals surface area (Å²) in [6.45, 7) is 2.67. The first-order chi connectivity index (χ1) is 9.54. The van der Waals surface area contributed by atoms with Crippen molar-refractivity contribution in [3.05, 3.63) is 11.9 Å². The summed E-state index contributed by atoms with van der Waals surface area (Å²) in [5.41, 5.74) is 0.566. The SMILES string of the molecule is COCCCNS(=O)(=O)c1cn(C2CCCC2)nc1C. The second-order valence-electron chi connectivity index (χ2n) is 5.24. The van der Waals surface area contributed by atoms with Gasteiger partial charge in [-0.25, -0.2) is 13.1 Å². The van der Waals surface area contributed by atoms with Crippen LogP contribution >= 0.6 is 0 Å². The Morgan fingerprint density at radius 2 is 2.15 bits per heavy atom. The Labute approximate surface area is 120 Å². The predicted octanol–water partition coefficient (Wildman–Crippen LogP) is 1.62. The Kier molecular flexibility index (Phi) is 5.17. The minimum absolute atomic E-state index is 0.293. The van der Waals surface area contributed by atoms with Gasteiger partial charge in [-0.1, -0.05) is 12.8 Å². The smallest absolute Gasteiger partial charge is 0.243 e. The van der Waals surface area contributed by atoms with Crippen molar-refractivity contribution in [1.29, 1.82) is 0 Å². The van der Waals surface area contributed by atoms with Gasteiger partial charge in [-0.05, 0) is 26.2 Å². The molecule has 0 atom stereocenters. The first-order valence-corrected chi connectivity index (χ1v) is 8.57. The molecule has 1 aromatic rings. The van der Waals surface area contributed by atoms with Crippen LogP contribution in [0.5, 0.6) is 0 Å². The lowest BCUT2D eigenvalue weighted by Gasteiger charge is -2.08. The Balaban J connectivity index is 2.06. The van der Waals surface area contributed by atoms with E-state index in [2.05, 4.69) is 9.82 Å². The maximum atomic E-state index is 12.2. The van der Waals surface area contributed by atoms with E-state index in [1.165, 1.54) is 12.8 Å². The summed E-state index contributed by atoms with van der Waals surface area (Å²) in [4.78, 5) is 0.293. The number of nitrogens with one attached hydrogen (secondary N) is 1. The molecule has 0 radical (unpaired) electrons. The van der Waals surface area contributed by atoms with Crippen molar-refractivity contribution in [2.75, 3.05) is 20.3 Å². The van der Waals surface area contributed by atoms with E-state index in [1.54, 1.807) is 20.2 Å². The lowest BCUT2D eigenvalue weighted by atomic mass is 10.3. The standard InChI is InChI=1S/C13H23N3O3S/c1-11-13(20(17,18)14-8-5-9-19-2)10-16(15-11)12-6-3-4-7-12/h10,12,14H,3-9H2,1-2H3. The van der Waals surface area contributed by atoms with Crippen molar-refractivity contribution in [2.45, 2.75) is 50.0 Å². The summed E-state index contributed by atoms with van der Waals surface area (Å²) in [6.07, 6.45) is 6.89. The van der Waals surface area contributed by atoms with Gasteiger partial charge in [0.05, 0.1) is 11.7 Å². The normalized spacial score (nSPS) is 16.9. The van der Waals surface area contributed by atoms with Gasteiger partial charge >= 0.3 is 0 Å². The van der Waals surface area contributed by atoms with Gasteiger partial charge in [0.1, 0.15) is 4.90 Å². The van der Waals surface area contributed by atoms with E-state index in [0.29, 0.717) is 36.2 Å². The van der Waals surface area contributed by atoms with Gasteiger partial charge in [0, 0.05) is 26.5 Å². The van der Waals surface area contributed by atoms with Crippen LogP contribution in [0, 0.1) is 6.92 Å². The van der Waals surface area contributed by atoms with Crippen LogP contribution in [0.4, 0.5) is 0 Å². The van der Waals surface area contributed by atoms with Crippen LogP contribution < -0.4 is 4.72 Å². The molecular formula is C13H23N3O3S. The Bertz CT molecular complexity index is 533. The zero-order valence-electron chi connectivity index (χ0n) is 12.1. The van der Waals surface area contributed by atoms with Crippen molar-refractivity contribution < 1.29 is 13.2 Å². The monoisotopic (exact) mass is 301 g/mol. The molecule has 114 valence electrons. The molecule has 6 nitrogen and oxygen atoms in total. The maximum absolute atomic E-state index is 12.2. The molecule has 1 aliphatic rings. The molecule has 1 N–H and O–H groups in total. The molecule has 0 bridgehead atoms. The number of nitrogens with zero attached hydrogens (tertiary/aromatic N) is 2. The number of aryl methyl sites for hydroxylation is 1. The van der Waals surface area contributed by atoms with Crippen molar-refractivity contribution in [3.63, 3.8) is 0 Å². The zero-order valence-corrected chi connectivity index (χ0v) is 12.9. The number of hydrogen-bond donors (Lipinski definition) is 1. The van der Waals surface area contributed by atoms with E-state index < -0.39 is 10.0 Å². The minimum atomic E-state index is -3.47. The molecule has 1 heterocycles. The summed E-state index contributed by atoms with van der Waals surface area (Å²) in [5, 5.41) is 4.38. The van der Waals surface area contributed by atoms with E-state index >= 15 is 0 Å². The summed E-state index contributed by atoms with van der Waals surface area (Å²) < 4.78 is 33.8. The predicted molar refractivity (Wildman–Crippen MR) is 76.2 cm³/mol. The fourth-order valence-corrected chi connectivity index (χ4v) is 3.83. The number of rotatable bonds is 7. The fraction of sp³-hybridized carbons (Fsp3) is 0.769. The highest BCUT2D eigenvalue weighted by Crippen LogP contribution is 2.30. The molecule has 0 saturated heterocycles. The minimum Gasteiger partial charge on any atom is -0.385 e. The summed E-state index contributed by atoms with van der Waals surface area (Å²) in [5.74, 6) is 0. The van der Waals surface area contributed by atoms with Crippen molar-refractivity contribution in [3.8, 4) is 0 Å². The van der Waals surface area contributed by atoms with E-state index in [9.17, 15) is 8.42 Å². The van der Waals surface area contributed by atoms with Gasteiger partial charge in [0.2, 0.25) is 10.0 Å². The van der Waals surface area contributed by atoms with Gasteiger partial charge in [-0.3, -0.25) is 4.68 Å². The number of sulfonamides is 1. The molecule has 2 rings (SSSR count). The quantitative estimate of drug-likeness (QED) is 0.777. The summed E-state index contributed by atoms with van der Waals surface area (Å²) in [7, 11) is -1.87. The molecule has 7 heteroatoms. The molecule has 0 amide bonds. The van der Waals surface area contributed by atoms with Crippen molar-refractivity contribution >= 4 is 10.0 Å². The third-order valence-corrected chi connectivity index (χ3v) is 5.24. The maximum Gasteiger partial charge on any atom is 0.243 e. The second-order valence-corrected chi connectivity index (χ2v) is 6.98. The molecule has 1 fully saturated rings. The van der Waals surface area contributed by atoms with Crippen LogP contribution in [-0.4, -0.2) is 38.5 Å². The lowest BCUT2D eigenvalue weighted by molar-refractivity contribution is 0.196. The zero-order chi connectivity index (χ0) is 14.6. The van der Waals surface area contributed by atoms with Crippen LogP contribution in [0.15, 0.2) is 11.1 Å². The Hall–Kier alpha value is -0.920. The highest BCUT2D eigenvalue weighted by Gasteiger charge is 2.24. The summed E-state index contributed by atoms with van der Waals surface area (Å²) >= 11 is 0. The summed E-state index contributed by atoms with van der Waals surface area (Å²) in [6, 6.07) is 0.353.